The molecule has 1 spiro atoms. The third-order valence-electron chi connectivity index (χ3n) is 2.59. The summed E-state index contributed by atoms with van der Waals surface area (Å²) in [5.41, 5.74) is -0.0185. The van der Waals surface area contributed by atoms with E-state index in [1.54, 1.807) is 0 Å². The molecule has 0 saturated carbocycles. The molecule has 0 unspecified atom stereocenters. The van der Waals surface area contributed by atoms with Crippen LogP contribution in [0.25, 0.3) is 0 Å². The quantitative estimate of drug-likeness (QED) is 0.480. The van der Waals surface area contributed by atoms with Crippen molar-refractivity contribution in [2.24, 2.45) is 0 Å². The predicted molar refractivity (Wildman–Crippen MR) is 39.2 cm³/mol. The van der Waals surface area contributed by atoms with Crippen molar-refractivity contribution in [3.63, 3.8) is 0 Å². The molecular weight excluding hydrogens is 144 g/mol. The molecular formula is C7H12N2O2. The molecule has 2 rings (SSSR count). The molecule has 0 atom stereocenters. The van der Waals surface area contributed by atoms with Crippen LogP contribution >= 0.6 is 0 Å². The summed E-state index contributed by atoms with van der Waals surface area (Å²) >= 11 is 0. The highest BCUT2D eigenvalue weighted by molar-refractivity contribution is 5.79. The Morgan fingerprint density at radius 1 is 1.64 bits per heavy atom. The van der Waals surface area contributed by atoms with Gasteiger partial charge in [-0.2, -0.15) is 0 Å². The first kappa shape index (κ1) is 7.06. The van der Waals surface area contributed by atoms with Gasteiger partial charge in [0.05, 0.1) is 12.1 Å². The van der Waals surface area contributed by atoms with Gasteiger partial charge in [-0.1, -0.05) is 0 Å². The molecule has 2 saturated heterocycles. The second-order valence-corrected chi connectivity index (χ2v) is 3.27. The maximum absolute atomic E-state index is 11.2. The summed E-state index contributed by atoms with van der Waals surface area (Å²) < 4.78 is 5.18. The van der Waals surface area contributed by atoms with Gasteiger partial charge in [0.2, 0.25) is 5.91 Å². The van der Waals surface area contributed by atoms with E-state index < -0.39 is 0 Å². The van der Waals surface area contributed by atoms with Crippen LogP contribution in [0.1, 0.15) is 0 Å². The number of likely N-dealkylation sites (N-methyl/N-ethyl adjacent to an activating group) is 1. The van der Waals surface area contributed by atoms with E-state index in [4.69, 9.17) is 4.74 Å². The van der Waals surface area contributed by atoms with Crippen LogP contribution in [0.5, 0.6) is 0 Å². The lowest BCUT2D eigenvalue weighted by Crippen LogP contribution is -2.73. The van der Waals surface area contributed by atoms with Crippen LogP contribution in [0.15, 0.2) is 0 Å². The molecule has 4 nitrogen and oxygen atoms in total. The van der Waals surface area contributed by atoms with Crippen molar-refractivity contribution in [3.8, 4) is 0 Å². The number of nitrogens with zero attached hydrogens (tertiary/aromatic N) is 1. The van der Waals surface area contributed by atoms with Crippen molar-refractivity contribution in [1.29, 1.82) is 0 Å². The van der Waals surface area contributed by atoms with Crippen molar-refractivity contribution >= 4 is 5.91 Å². The van der Waals surface area contributed by atoms with E-state index in [1.165, 1.54) is 0 Å². The summed E-state index contributed by atoms with van der Waals surface area (Å²) in [5.74, 6) is 0.0951. The lowest BCUT2D eigenvalue weighted by molar-refractivity contribution is -0.159. The monoisotopic (exact) mass is 156 g/mol. The second kappa shape index (κ2) is 2.19. The van der Waals surface area contributed by atoms with E-state index in [1.807, 2.05) is 11.9 Å². The van der Waals surface area contributed by atoms with Crippen molar-refractivity contribution in [2.45, 2.75) is 5.54 Å². The van der Waals surface area contributed by atoms with Gasteiger partial charge >= 0.3 is 0 Å². The molecule has 0 aromatic rings. The van der Waals surface area contributed by atoms with Gasteiger partial charge < -0.3 is 15.0 Å². The first-order valence-corrected chi connectivity index (χ1v) is 3.80. The maximum Gasteiger partial charge on any atom is 0.248 e. The van der Waals surface area contributed by atoms with Gasteiger partial charge in [-0.05, 0) is 0 Å². The zero-order valence-electron chi connectivity index (χ0n) is 6.59. The molecule has 11 heavy (non-hydrogen) atoms. The van der Waals surface area contributed by atoms with Crippen LogP contribution in [-0.2, 0) is 9.53 Å². The minimum Gasteiger partial charge on any atom is -0.369 e. The van der Waals surface area contributed by atoms with Gasteiger partial charge in [0.1, 0.15) is 6.61 Å². The highest BCUT2D eigenvalue weighted by Gasteiger charge is 2.45. The smallest absolute Gasteiger partial charge is 0.248 e. The van der Waals surface area contributed by atoms with Gasteiger partial charge in [0, 0.05) is 20.1 Å². The fourth-order valence-corrected chi connectivity index (χ4v) is 1.54. The number of hydrogen-bond donors (Lipinski definition) is 1. The Kier molecular flexibility index (Phi) is 1.40. The Morgan fingerprint density at radius 3 is 2.82 bits per heavy atom. The van der Waals surface area contributed by atoms with E-state index in [2.05, 4.69) is 5.32 Å². The molecule has 62 valence electrons. The number of ether oxygens (including phenoxy) is 1. The third-order valence-corrected chi connectivity index (χ3v) is 2.59. The largest absolute Gasteiger partial charge is 0.369 e. The highest BCUT2D eigenvalue weighted by Crippen LogP contribution is 2.22. The summed E-state index contributed by atoms with van der Waals surface area (Å²) in [5, 5.41) is 3.15. The van der Waals surface area contributed by atoms with E-state index in [-0.39, 0.29) is 18.1 Å². The minimum atomic E-state index is -0.0185. The molecule has 2 aliphatic rings. The molecule has 0 aromatic heterocycles. The SMILES string of the molecule is CN1C(=O)COCC12CNC2. The average Bonchev–Trinajstić information content (AvgIpc) is 1.91. The summed E-state index contributed by atoms with van der Waals surface area (Å²) in [6.07, 6.45) is 0. The predicted octanol–water partition coefficient (Wildman–Crippen LogP) is -1.18. The van der Waals surface area contributed by atoms with Gasteiger partial charge in [0.15, 0.2) is 0 Å². The molecule has 0 aromatic carbocycles. The standard InChI is InChI=1S/C7H12N2O2/c1-9-6(10)2-11-5-7(9)3-8-4-7/h8H,2-5H2,1H3. The fraction of sp³-hybridized carbons (Fsp3) is 0.857. The normalized spacial score (nSPS) is 28.8. The number of carbonyl (C=O) groups excluding carboxylic acids is 1. The van der Waals surface area contributed by atoms with Crippen LogP contribution < -0.4 is 5.32 Å². The van der Waals surface area contributed by atoms with Crippen LogP contribution in [-0.4, -0.2) is 49.7 Å². The van der Waals surface area contributed by atoms with Crippen LogP contribution in [0.4, 0.5) is 0 Å². The van der Waals surface area contributed by atoms with Crippen molar-refractivity contribution in [3.05, 3.63) is 0 Å². The first-order valence-electron chi connectivity index (χ1n) is 3.80. The molecule has 0 bridgehead atoms. The van der Waals surface area contributed by atoms with Crippen molar-refractivity contribution < 1.29 is 9.53 Å². The second-order valence-electron chi connectivity index (χ2n) is 3.27. The number of nitrogens with one attached hydrogen (secondary N) is 1. The van der Waals surface area contributed by atoms with Gasteiger partial charge in [0.25, 0.3) is 0 Å². The Bertz CT molecular complexity index is 189. The zero-order valence-corrected chi connectivity index (χ0v) is 6.59. The Morgan fingerprint density at radius 2 is 2.36 bits per heavy atom. The number of carbonyl (C=O) groups is 1. The minimum absolute atomic E-state index is 0.0185. The van der Waals surface area contributed by atoms with E-state index in [0.717, 1.165) is 13.1 Å². The number of rotatable bonds is 0. The molecule has 2 heterocycles. The Hall–Kier alpha value is -0.610. The summed E-state index contributed by atoms with van der Waals surface area (Å²) in [6.45, 7) is 2.67. The number of morpholine rings is 1. The lowest BCUT2D eigenvalue weighted by atomic mass is 9.90. The topological polar surface area (TPSA) is 41.6 Å². The van der Waals surface area contributed by atoms with Crippen molar-refractivity contribution in [2.75, 3.05) is 33.4 Å². The molecule has 2 fully saturated rings. The average molecular weight is 156 g/mol. The number of amides is 1. The van der Waals surface area contributed by atoms with Crippen molar-refractivity contribution in [1.82, 2.24) is 10.2 Å². The van der Waals surface area contributed by atoms with Crippen LogP contribution in [0.3, 0.4) is 0 Å². The van der Waals surface area contributed by atoms with E-state index >= 15 is 0 Å². The van der Waals surface area contributed by atoms with Crippen LogP contribution in [0.2, 0.25) is 0 Å². The fourth-order valence-electron chi connectivity index (χ4n) is 1.54. The molecule has 4 heteroatoms. The molecule has 0 radical (unpaired) electrons. The van der Waals surface area contributed by atoms with Crippen LogP contribution in [0, 0.1) is 0 Å². The molecule has 2 aliphatic heterocycles. The summed E-state index contributed by atoms with van der Waals surface area (Å²) in [6, 6.07) is 0. The highest BCUT2D eigenvalue weighted by atomic mass is 16.5. The molecule has 1 amide bonds. The Balaban J connectivity index is 2.13. The maximum atomic E-state index is 11.2. The third kappa shape index (κ3) is 0.862. The molecule has 1 N–H and O–H groups in total. The zero-order chi connectivity index (χ0) is 7.90. The Labute approximate surface area is 65.5 Å². The van der Waals surface area contributed by atoms with E-state index in [0.29, 0.717) is 6.61 Å². The lowest BCUT2D eigenvalue weighted by Gasteiger charge is -2.51. The summed E-state index contributed by atoms with van der Waals surface area (Å²) in [7, 11) is 1.85. The van der Waals surface area contributed by atoms with Gasteiger partial charge in [-0.25, -0.2) is 0 Å². The first-order chi connectivity index (χ1) is 5.25. The summed E-state index contributed by atoms with van der Waals surface area (Å²) in [4.78, 5) is 13.0. The van der Waals surface area contributed by atoms with Gasteiger partial charge in [-0.3, -0.25) is 4.79 Å². The van der Waals surface area contributed by atoms with Gasteiger partial charge in [-0.15, -0.1) is 0 Å². The number of hydrogen-bond acceptors (Lipinski definition) is 3. The van der Waals surface area contributed by atoms with E-state index in [9.17, 15) is 4.79 Å². The molecule has 0 aliphatic carbocycles.